The van der Waals surface area contributed by atoms with Gasteiger partial charge in [0.15, 0.2) is 0 Å². The lowest BCUT2D eigenvalue weighted by Gasteiger charge is -2.10. The van der Waals surface area contributed by atoms with Gasteiger partial charge in [0.2, 0.25) is 5.91 Å². The number of carbonyl (C=O) groups excluding carboxylic acids is 2. The first kappa shape index (κ1) is 15.2. The highest BCUT2D eigenvalue weighted by molar-refractivity contribution is 5.91. The lowest BCUT2D eigenvalue weighted by Crippen LogP contribution is -2.25. The Hall–Kier alpha value is -2.24. The van der Waals surface area contributed by atoms with Gasteiger partial charge in [-0.05, 0) is 37.5 Å². The van der Waals surface area contributed by atoms with Gasteiger partial charge in [0.1, 0.15) is 0 Å². The van der Waals surface area contributed by atoms with Crippen molar-refractivity contribution in [2.75, 3.05) is 24.7 Å². The summed E-state index contributed by atoms with van der Waals surface area (Å²) in [6.45, 7) is 0.618. The minimum Gasteiger partial charge on any atom is -0.465 e. The summed E-state index contributed by atoms with van der Waals surface area (Å²) in [5.74, 6) is -0.308. The second-order valence-corrected chi connectivity index (χ2v) is 5.17. The Kier molecular flexibility index (Phi) is 5.03. The third-order valence-electron chi connectivity index (χ3n) is 3.31. The van der Waals surface area contributed by atoms with Gasteiger partial charge in [-0.3, -0.25) is 4.79 Å². The van der Waals surface area contributed by atoms with Crippen molar-refractivity contribution in [1.82, 2.24) is 5.32 Å². The molecule has 21 heavy (non-hydrogen) atoms. The van der Waals surface area contributed by atoms with E-state index in [9.17, 15) is 9.59 Å². The van der Waals surface area contributed by atoms with E-state index in [-0.39, 0.29) is 5.91 Å². The number of anilines is 2. The second-order valence-electron chi connectivity index (χ2n) is 5.17. The van der Waals surface area contributed by atoms with Gasteiger partial charge >= 0.3 is 5.97 Å². The first-order valence-corrected chi connectivity index (χ1v) is 7.11. The Morgan fingerprint density at radius 1 is 1.38 bits per heavy atom. The highest BCUT2D eigenvalue weighted by Crippen LogP contribution is 2.21. The molecule has 0 bridgehead atoms. The summed E-state index contributed by atoms with van der Waals surface area (Å²) in [5.41, 5.74) is 7.54. The highest BCUT2D eigenvalue weighted by atomic mass is 16.5. The van der Waals surface area contributed by atoms with Crippen LogP contribution in [0.4, 0.5) is 11.4 Å². The first-order valence-electron chi connectivity index (χ1n) is 7.11. The number of nitrogens with two attached hydrogens (primary N) is 1. The van der Waals surface area contributed by atoms with Crippen molar-refractivity contribution in [3.05, 3.63) is 23.8 Å². The number of benzene rings is 1. The van der Waals surface area contributed by atoms with Gasteiger partial charge in [0.25, 0.3) is 0 Å². The molecule has 0 aromatic heterocycles. The third-order valence-corrected chi connectivity index (χ3v) is 3.31. The zero-order valence-corrected chi connectivity index (χ0v) is 12.1. The highest BCUT2D eigenvalue weighted by Gasteiger charge is 2.22. The van der Waals surface area contributed by atoms with Crippen LogP contribution >= 0.6 is 0 Å². The van der Waals surface area contributed by atoms with Crippen molar-refractivity contribution in [2.24, 2.45) is 0 Å². The summed E-state index contributed by atoms with van der Waals surface area (Å²) in [5, 5.41) is 6.09. The molecule has 1 aliphatic rings. The van der Waals surface area contributed by atoms with Crippen molar-refractivity contribution >= 4 is 23.3 Å². The molecule has 0 spiro atoms. The minimum atomic E-state index is -0.401. The van der Waals surface area contributed by atoms with Crippen LogP contribution in [0.5, 0.6) is 0 Å². The summed E-state index contributed by atoms with van der Waals surface area (Å²) in [7, 11) is 1.34. The van der Waals surface area contributed by atoms with Crippen LogP contribution in [-0.4, -0.2) is 31.6 Å². The molecule has 1 saturated carbocycles. The van der Waals surface area contributed by atoms with Gasteiger partial charge in [-0.1, -0.05) is 0 Å². The van der Waals surface area contributed by atoms with Crippen molar-refractivity contribution in [1.29, 1.82) is 0 Å². The van der Waals surface area contributed by atoms with E-state index in [1.807, 2.05) is 0 Å². The molecule has 0 aliphatic heterocycles. The molecule has 0 atom stereocenters. The zero-order chi connectivity index (χ0) is 15.2. The molecule has 6 heteroatoms. The molecule has 0 saturated heterocycles. The topological polar surface area (TPSA) is 93.4 Å². The largest absolute Gasteiger partial charge is 0.465 e. The lowest BCUT2D eigenvalue weighted by molar-refractivity contribution is -0.121. The number of methoxy groups -OCH3 is 1. The van der Waals surface area contributed by atoms with Crippen LogP contribution in [-0.2, 0) is 9.53 Å². The normalized spacial score (nSPS) is 13.6. The molecule has 6 nitrogen and oxygen atoms in total. The SMILES string of the molecule is COC(=O)c1ccc(N)c(NCCCC(=O)NC2CC2)c1. The van der Waals surface area contributed by atoms with Crippen molar-refractivity contribution < 1.29 is 14.3 Å². The zero-order valence-electron chi connectivity index (χ0n) is 12.1. The van der Waals surface area contributed by atoms with Gasteiger partial charge in [-0.15, -0.1) is 0 Å². The average molecular weight is 291 g/mol. The van der Waals surface area contributed by atoms with Crippen LogP contribution < -0.4 is 16.4 Å². The van der Waals surface area contributed by atoms with Crippen LogP contribution in [0.1, 0.15) is 36.0 Å². The van der Waals surface area contributed by atoms with Crippen molar-refractivity contribution in [3.8, 4) is 0 Å². The maximum Gasteiger partial charge on any atom is 0.337 e. The van der Waals surface area contributed by atoms with Crippen LogP contribution in [0, 0.1) is 0 Å². The van der Waals surface area contributed by atoms with E-state index in [2.05, 4.69) is 15.4 Å². The summed E-state index contributed by atoms with van der Waals surface area (Å²) in [4.78, 5) is 23.0. The molecule has 114 valence electrons. The first-order chi connectivity index (χ1) is 10.1. The van der Waals surface area contributed by atoms with Gasteiger partial charge in [-0.2, -0.15) is 0 Å². The Labute approximate surface area is 124 Å². The van der Waals surface area contributed by atoms with Crippen LogP contribution in [0.3, 0.4) is 0 Å². The summed E-state index contributed by atoms with van der Waals surface area (Å²) < 4.78 is 4.67. The van der Waals surface area contributed by atoms with E-state index in [1.165, 1.54) is 7.11 Å². The number of amides is 1. The fourth-order valence-electron chi connectivity index (χ4n) is 1.95. The molecule has 1 aliphatic carbocycles. The van der Waals surface area contributed by atoms with Crippen LogP contribution in [0.2, 0.25) is 0 Å². The number of hydrogen-bond acceptors (Lipinski definition) is 5. The molecule has 0 unspecified atom stereocenters. The monoisotopic (exact) mass is 291 g/mol. The van der Waals surface area contributed by atoms with Gasteiger partial charge < -0.3 is 21.1 Å². The smallest absolute Gasteiger partial charge is 0.337 e. The molecular formula is C15H21N3O3. The maximum absolute atomic E-state index is 11.5. The molecular weight excluding hydrogens is 270 g/mol. The van der Waals surface area contributed by atoms with Crippen LogP contribution in [0.15, 0.2) is 18.2 Å². The number of nitrogen functional groups attached to an aromatic ring is 1. The predicted molar refractivity (Wildman–Crippen MR) is 81.1 cm³/mol. The summed E-state index contributed by atoms with van der Waals surface area (Å²) >= 11 is 0. The lowest BCUT2D eigenvalue weighted by atomic mass is 10.1. The van der Waals surface area contributed by atoms with Gasteiger partial charge in [0, 0.05) is 19.0 Å². The Morgan fingerprint density at radius 2 is 2.14 bits per heavy atom. The van der Waals surface area contributed by atoms with E-state index in [1.54, 1.807) is 18.2 Å². The number of hydrogen-bond donors (Lipinski definition) is 3. The van der Waals surface area contributed by atoms with Crippen molar-refractivity contribution in [3.63, 3.8) is 0 Å². The molecule has 1 aromatic carbocycles. The molecule has 1 amide bonds. The number of carbonyl (C=O) groups is 2. The quantitative estimate of drug-likeness (QED) is 0.402. The van der Waals surface area contributed by atoms with E-state index < -0.39 is 5.97 Å². The Bertz CT molecular complexity index is 527. The number of nitrogens with one attached hydrogen (secondary N) is 2. The van der Waals surface area contributed by atoms with E-state index in [0.717, 1.165) is 12.8 Å². The van der Waals surface area contributed by atoms with E-state index in [4.69, 9.17) is 5.73 Å². The fraction of sp³-hybridized carbons (Fsp3) is 0.467. The molecule has 1 fully saturated rings. The molecule has 0 heterocycles. The van der Waals surface area contributed by atoms with Gasteiger partial charge in [0.05, 0.1) is 24.0 Å². The number of rotatable bonds is 7. The average Bonchev–Trinajstić information content (AvgIpc) is 3.28. The Morgan fingerprint density at radius 3 is 2.81 bits per heavy atom. The molecule has 0 radical (unpaired) electrons. The van der Waals surface area contributed by atoms with Crippen LogP contribution in [0.25, 0.3) is 0 Å². The number of esters is 1. The third kappa shape index (κ3) is 4.66. The van der Waals surface area contributed by atoms with E-state index >= 15 is 0 Å². The minimum absolute atomic E-state index is 0.0931. The molecule has 1 aromatic rings. The van der Waals surface area contributed by atoms with Gasteiger partial charge in [-0.25, -0.2) is 4.79 Å². The number of ether oxygens (including phenoxy) is 1. The standard InChI is InChI=1S/C15H21N3O3/c1-21-15(20)10-4-7-12(16)13(9-10)17-8-2-3-14(19)18-11-5-6-11/h4,7,9,11,17H,2-3,5-6,8,16H2,1H3,(H,18,19). The molecule has 2 rings (SSSR count). The van der Waals surface area contributed by atoms with E-state index in [0.29, 0.717) is 42.4 Å². The molecule has 4 N–H and O–H groups in total. The summed E-state index contributed by atoms with van der Waals surface area (Å²) in [6.07, 6.45) is 3.39. The summed E-state index contributed by atoms with van der Waals surface area (Å²) in [6, 6.07) is 5.34. The second kappa shape index (κ2) is 6.97. The Balaban J connectivity index is 1.78. The maximum atomic E-state index is 11.5. The predicted octanol–water partition coefficient (Wildman–Crippen LogP) is 1.53. The van der Waals surface area contributed by atoms with Crippen molar-refractivity contribution in [2.45, 2.75) is 31.7 Å². The fourth-order valence-corrected chi connectivity index (χ4v) is 1.95.